The predicted octanol–water partition coefficient (Wildman–Crippen LogP) is 3.66. The van der Waals surface area contributed by atoms with Gasteiger partial charge >= 0.3 is 5.97 Å². The number of ether oxygens (including phenoxy) is 1. The Morgan fingerprint density at radius 3 is 2.52 bits per heavy atom. The summed E-state index contributed by atoms with van der Waals surface area (Å²) >= 11 is 0. The first kappa shape index (κ1) is 16.7. The molecule has 0 spiro atoms. The summed E-state index contributed by atoms with van der Waals surface area (Å²) in [6.07, 6.45) is 1.08. The van der Waals surface area contributed by atoms with Gasteiger partial charge in [-0.1, -0.05) is 24.3 Å². The van der Waals surface area contributed by atoms with E-state index >= 15 is 0 Å². The predicted molar refractivity (Wildman–Crippen MR) is 90.6 cm³/mol. The summed E-state index contributed by atoms with van der Waals surface area (Å²) in [6.45, 7) is 4.14. The molecule has 2 aromatic carbocycles. The van der Waals surface area contributed by atoms with Crippen LogP contribution in [-0.4, -0.2) is 19.0 Å². The summed E-state index contributed by atoms with van der Waals surface area (Å²) in [5.41, 5.74) is 4.63. The Hall–Kier alpha value is -2.62. The highest BCUT2D eigenvalue weighted by atomic mass is 16.5. The molecule has 120 valence electrons. The molecule has 0 aliphatic heterocycles. The van der Waals surface area contributed by atoms with Crippen molar-refractivity contribution in [3.8, 4) is 0 Å². The van der Waals surface area contributed by atoms with Gasteiger partial charge in [0.15, 0.2) is 0 Å². The van der Waals surface area contributed by atoms with Crippen LogP contribution >= 0.6 is 0 Å². The molecule has 0 fully saturated rings. The molecular formula is C19H21NO3. The number of amides is 1. The van der Waals surface area contributed by atoms with E-state index in [1.54, 1.807) is 24.3 Å². The fourth-order valence-corrected chi connectivity index (χ4v) is 2.28. The van der Waals surface area contributed by atoms with E-state index in [2.05, 4.69) is 36.0 Å². The molecule has 0 radical (unpaired) electrons. The van der Waals surface area contributed by atoms with Gasteiger partial charge in [-0.3, -0.25) is 4.79 Å². The minimum atomic E-state index is -0.420. The van der Waals surface area contributed by atoms with Gasteiger partial charge in [-0.05, 0) is 55.2 Å². The van der Waals surface area contributed by atoms with Crippen molar-refractivity contribution in [1.29, 1.82) is 0 Å². The average molecular weight is 311 g/mol. The monoisotopic (exact) mass is 311 g/mol. The quantitative estimate of drug-likeness (QED) is 0.857. The Balaban J connectivity index is 1.94. The van der Waals surface area contributed by atoms with Crippen molar-refractivity contribution in [3.05, 3.63) is 64.7 Å². The van der Waals surface area contributed by atoms with Crippen LogP contribution in [0.25, 0.3) is 0 Å². The molecule has 0 atom stereocenters. The van der Waals surface area contributed by atoms with Crippen LogP contribution in [-0.2, 0) is 16.0 Å². The van der Waals surface area contributed by atoms with Crippen LogP contribution in [0.15, 0.2) is 42.5 Å². The molecule has 0 aliphatic rings. The second kappa shape index (κ2) is 7.58. The minimum Gasteiger partial charge on any atom is -0.465 e. The number of aryl methyl sites for hydroxylation is 3. The summed E-state index contributed by atoms with van der Waals surface area (Å²) in [5.74, 6) is -0.499. The van der Waals surface area contributed by atoms with Crippen molar-refractivity contribution in [3.63, 3.8) is 0 Å². The number of anilines is 1. The second-order valence-electron chi connectivity index (χ2n) is 5.54. The van der Waals surface area contributed by atoms with E-state index in [1.165, 1.54) is 18.2 Å². The third kappa shape index (κ3) is 4.68. The zero-order valence-electron chi connectivity index (χ0n) is 13.7. The number of hydrogen-bond donors (Lipinski definition) is 1. The summed E-state index contributed by atoms with van der Waals surface area (Å²) in [4.78, 5) is 23.5. The zero-order chi connectivity index (χ0) is 16.8. The van der Waals surface area contributed by atoms with E-state index in [0.29, 0.717) is 24.1 Å². The number of carbonyl (C=O) groups excluding carboxylic acids is 2. The topological polar surface area (TPSA) is 55.4 Å². The number of carbonyl (C=O) groups is 2. The molecule has 23 heavy (non-hydrogen) atoms. The van der Waals surface area contributed by atoms with Crippen LogP contribution in [0.3, 0.4) is 0 Å². The van der Waals surface area contributed by atoms with Crippen LogP contribution in [0.4, 0.5) is 5.69 Å². The molecule has 4 heteroatoms. The fourth-order valence-electron chi connectivity index (χ4n) is 2.28. The van der Waals surface area contributed by atoms with Crippen LogP contribution in [0, 0.1) is 13.8 Å². The van der Waals surface area contributed by atoms with Crippen molar-refractivity contribution < 1.29 is 14.3 Å². The zero-order valence-corrected chi connectivity index (χ0v) is 13.7. The van der Waals surface area contributed by atoms with E-state index in [9.17, 15) is 9.59 Å². The van der Waals surface area contributed by atoms with Gasteiger partial charge in [0.2, 0.25) is 5.91 Å². The molecule has 2 aromatic rings. The Bertz CT molecular complexity index is 722. The molecule has 0 bridgehead atoms. The third-order valence-electron chi connectivity index (χ3n) is 3.78. The van der Waals surface area contributed by atoms with Crippen molar-refractivity contribution >= 4 is 17.6 Å². The molecule has 2 rings (SSSR count). The molecular weight excluding hydrogens is 290 g/mol. The molecule has 0 aromatic heterocycles. The molecule has 0 saturated carbocycles. The highest BCUT2D eigenvalue weighted by molar-refractivity contribution is 5.94. The molecule has 0 unspecified atom stereocenters. The SMILES string of the molecule is COC(=O)c1cccc(NC(=O)CCc2ccc(C)c(C)c2)c1. The molecule has 0 aliphatic carbocycles. The Morgan fingerprint density at radius 2 is 1.83 bits per heavy atom. The van der Waals surface area contributed by atoms with E-state index in [1.807, 2.05) is 6.07 Å². The van der Waals surface area contributed by atoms with E-state index in [4.69, 9.17) is 0 Å². The lowest BCUT2D eigenvalue weighted by Crippen LogP contribution is -2.13. The highest BCUT2D eigenvalue weighted by Crippen LogP contribution is 2.14. The normalized spacial score (nSPS) is 10.2. The lowest BCUT2D eigenvalue weighted by molar-refractivity contribution is -0.116. The van der Waals surface area contributed by atoms with Gasteiger partial charge in [-0.15, -0.1) is 0 Å². The maximum Gasteiger partial charge on any atom is 0.337 e. The van der Waals surface area contributed by atoms with Gasteiger partial charge in [0.05, 0.1) is 12.7 Å². The lowest BCUT2D eigenvalue weighted by atomic mass is 10.0. The first-order chi connectivity index (χ1) is 11.0. The van der Waals surface area contributed by atoms with Crippen molar-refractivity contribution in [2.75, 3.05) is 12.4 Å². The smallest absolute Gasteiger partial charge is 0.337 e. The van der Waals surface area contributed by atoms with Gasteiger partial charge < -0.3 is 10.1 Å². The van der Waals surface area contributed by atoms with Gasteiger partial charge in [-0.2, -0.15) is 0 Å². The summed E-state index contributed by atoms with van der Waals surface area (Å²) in [6, 6.07) is 13.0. The number of esters is 1. The highest BCUT2D eigenvalue weighted by Gasteiger charge is 2.08. The van der Waals surface area contributed by atoms with Gasteiger partial charge in [-0.25, -0.2) is 4.79 Å². The maximum absolute atomic E-state index is 12.1. The Morgan fingerprint density at radius 1 is 1.04 bits per heavy atom. The lowest BCUT2D eigenvalue weighted by Gasteiger charge is -2.08. The Labute approximate surface area is 136 Å². The molecule has 0 heterocycles. The first-order valence-corrected chi connectivity index (χ1v) is 7.54. The standard InChI is InChI=1S/C19H21NO3/c1-13-7-8-15(11-14(13)2)9-10-18(21)20-17-6-4-5-16(12-17)19(22)23-3/h4-8,11-12H,9-10H2,1-3H3,(H,20,21). The van der Waals surface area contributed by atoms with Gasteiger partial charge in [0.1, 0.15) is 0 Å². The fraction of sp³-hybridized carbons (Fsp3) is 0.263. The number of rotatable bonds is 5. The molecule has 0 saturated heterocycles. The first-order valence-electron chi connectivity index (χ1n) is 7.54. The number of hydrogen-bond acceptors (Lipinski definition) is 3. The van der Waals surface area contributed by atoms with Crippen molar-refractivity contribution in [2.45, 2.75) is 26.7 Å². The summed E-state index contributed by atoms with van der Waals surface area (Å²) in [5, 5.41) is 2.81. The van der Waals surface area contributed by atoms with Crippen molar-refractivity contribution in [1.82, 2.24) is 0 Å². The minimum absolute atomic E-state index is 0.0785. The van der Waals surface area contributed by atoms with E-state index < -0.39 is 5.97 Å². The van der Waals surface area contributed by atoms with Crippen molar-refractivity contribution in [2.24, 2.45) is 0 Å². The summed E-state index contributed by atoms with van der Waals surface area (Å²) in [7, 11) is 1.33. The van der Waals surface area contributed by atoms with E-state index in [0.717, 1.165) is 5.56 Å². The van der Waals surface area contributed by atoms with E-state index in [-0.39, 0.29) is 5.91 Å². The molecule has 4 nitrogen and oxygen atoms in total. The number of benzene rings is 2. The van der Waals surface area contributed by atoms with Crippen LogP contribution < -0.4 is 5.32 Å². The van der Waals surface area contributed by atoms with Crippen LogP contribution in [0.5, 0.6) is 0 Å². The van der Waals surface area contributed by atoms with Gasteiger partial charge in [0, 0.05) is 12.1 Å². The Kier molecular flexibility index (Phi) is 5.52. The molecule has 1 amide bonds. The van der Waals surface area contributed by atoms with Gasteiger partial charge in [0.25, 0.3) is 0 Å². The van der Waals surface area contributed by atoms with Crippen LogP contribution in [0.2, 0.25) is 0 Å². The maximum atomic E-state index is 12.1. The average Bonchev–Trinajstić information content (AvgIpc) is 2.55. The third-order valence-corrected chi connectivity index (χ3v) is 3.78. The number of nitrogens with one attached hydrogen (secondary N) is 1. The van der Waals surface area contributed by atoms with Crippen LogP contribution in [0.1, 0.15) is 33.5 Å². The largest absolute Gasteiger partial charge is 0.465 e. The second-order valence-corrected chi connectivity index (χ2v) is 5.54. The number of methoxy groups -OCH3 is 1. The molecule has 1 N–H and O–H groups in total. The summed E-state index contributed by atoms with van der Waals surface area (Å²) < 4.78 is 4.67.